The van der Waals surface area contributed by atoms with Crippen molar-refractivity contribution in [1.82, 2.24) is 9.62 Å². The summed E-state index contributed by atoms with van der Waals surface area (Å²) in [5.41, 5.74) is 6.08. The molecule has 1 aromatic carbocycles. The number of nitrogens with zero attached hydrogens (tertiary/aromatic N) is 1. The van der Waals surface area contributed by atoms with Crippen LogP contribution >= 0.6 is 0 Å². The normalized spacial score (nSPS) is 12.1. The van der Waals surface area contributed by atoms with Gasteiger partial charge in [-0.3, -0.25) is 0 Å². The molecule has 0 radical (unpaired) electrons. The topological polar surface area (TPSA) is 75.4 Å². The van der Waals surface area contributed by atoms with Gasteiger partial charge in [-0.2, -0.15) is 0 Å². The highest BCUT2D eigenvalue weighted by Gasteiger charge is 2.22. The SMILES string of the molecule is CCN(CC)CCNS(=O)(=O)c1c(C)cc(F)c(N)c1C. The molecular weight excluding hydrogens is 293 g/mol. The van der Waals surface area contributed by atoms with Crippen LogP contribution in [-0.2, 0) is 10.0 Å². The van der Waals surface area contributed by atoms with Gasteiger partial charge in [-0.25, -0.2) is 17.5 Å². The Balaban J connectivity index is 2.97. The Labute approximate surface area is 126 Å². The van der Waals surface area contributed by atoms with Crippen molar-refractivity contribution in [1.29, 1.82) is 0 Å². The first-order valence-electron chi connectivity index (χ1n) is 7.01. The van der Waals surface area contributed by atoms with E-state index in [9.17, 15) is 12.8 Å². The number of sulfonamides is 1. The number of aryl methyl sites for hydroxylation is 1. The minimum absolute atomic E-state index is 0.0703. The summed E-state index contributed by atoms with van der Waals surface area (Å²) in [6, 6.07) is 1.15. The van der Waals surface area contributed by atoms with Crippen molar-refractivity contribution in [3.05, 3.63) is 23.0 Å². The molecule has 0 heterocycles. The summed E-state index contributed by atoms with van der Waals surface area (Å²) in [7, 11) is -3.70. The first-order valence-corrected chi connectivity index (χ1v) is 8.50. The number of anilines is 1. The molecule has 0 saturated heterocycles. The van der Waals surface area contributed by atoms with Gasteiger partial charge in [0.1, 0.15) is 5.82 Å². The lowest BCUT2D eigenvalue weighted by Gasteiger charge is -2.19. The zero-order chi connectivity index (χ0) is 16.2. The molecule has 5 nitrogen and oxygen atoms in total. The largest absolute Gasteiger partial charge is 0.396 e. The number of nitrogens with one attached hydrogen (secondary N) is 1. The molecule has 0 atom stereocenters. The summed E-state index contributed by atoms with van der Waals surface area (Å²) in [5, 5.41) is 0. The van der Waals surface area contributed by atoms with Crippen molar-refractivity contribution in [2.75, 3.05) is 31.9 Å². The standard InChI is InChI=1S/C14H24FN3O2S/c1-5-18(6-2)8-7-17-21(19,20)14-10(3)9-12(15)13(16)11(14)4/h9,17H,5-8,16H2,1-4H3. The van der Waals surface area contributed by atoms with Gasteiger partial charge in [-0.05, 0) is 44.1 Å². The quantitative estimate of drug-likeness (QED) is 0.750. The van der Waals surface area contributed by atoms with Gasteiger partial charge < -0.3 is 10.6 Å². The molecule has 3 N–H and O–H groups in total. The Kier molecular flexibility index (Phi) is 6.12. The molecule has 0 aliphatic heterocycles. The van der Waals surface area contributed by atoms with E-state index in [2.05, 4.69) is 9.62 Å². The number of nitrogens with two attached hydrogens (primary N) is 1. The number of benzene rings is 1. The molecule has 0 aliphatic carbocycles. The fraction of sp³-hybridized carbons (Fsp3) is 0.571. The van der Waals surface area contributed by atoms with Crippen LogP contribution in [0.4, 0.5) is 10.1 Å². The van der Waals surface area contributed by atoms with Gasteiger partial charge in [0.25, 0.3) is 0 Å². The van der Waals surface area contributed by atoms with Crippen molar-refractivity contribution in [3.63, 3.8) is 0 Å². The second-order valence-electron chi connectivity index (χ2n) is 4.97. The third-order valence-electron chi connectivity index (χ3n) is 3.59. The lowest BCUT2D eigenvalue weighted by molar-refractivity contribution is 0.309. The molecule has 0 bridgehead atoms. The Morgan fingerprint density at radius 3 is 2.38 bits per heavy atom. The van der Waals surface area contributed by atoms with Crippen LogP contribution in [0.15, 0.2) is 11.0 Å². The molecule has 21 heavy (non-hydrogen) atoms. The van der Waals surface area contributed by atoms with Gasteiger partial charge in [0.2, 0.25) is 10.0 Å². The molecule has 1 rings (SSSR count). The lowest BCUT2D eigenvalue weighted by atomic mass is 10.1. The molecule has 120 valence electrons. The van der Waals surface area contributed by atoms with Gasteiger partial charge >= 0.3 is 0 Å². The first kappa shape index (κ1) is 17.9. The van der Waals surface area contributed by atoms with Crippen LogP contribution in [0.2, 0.25) is 0 Å². The van der Waals surface area contributed by atoms with E-state index in [-0.39, 0.29) is 16.1 Å². The number of hydrogen-bond donors (Lipinski definition) is 2. The Morgan fingerprint density at radius 2 is 1.86 bits per heavy atom. The van der Waals surface area contributed by atoms with Crippen LogP contribution in [0, 0.1) is 19.7 Å². The van der Waals surface area contributed by atoms with Crippen LogP contribution in [0.25, 0.3) is 0 Å². The summed E-state index contributed by atoms with van der Waals surface area (Å²) in [6.07, 6.45) is 0. The van der Waals surface area contributed by atoms with Gasteiger partial charge in [0, 0.05) is 13.1 Å². The summed E-state index contributed by atoms with van der Waals surface area (Å²) in [4.78, 5) is 2.18. The maximum atomic E-state index is 13.5. The van der Waals surface area contributed by atoms with Crippen LogP contribution < -0.4 is 10.5 Å². The lowest BCUT2D eigenvalue weighted by Crippen LogP contribution is -2.35. The molecule has 0 unspecified atom stereocenters. The predicted octanol–water partition coefficient (Wildman–Crippen LogP) is 1.64. The van der Waals surface area contributed by atoms with E-state index >= 15 is 0 Å². The van der Waals surface area contributed by atoms with Gasteiger partial charge in [0.05, 0.1) is 10.6 Å². The molecule has 0 saturated carbocycles. The zero-order valence-corrected chi connectivity index (χ0v) is 13.8. The fourth-order valence-corrected chi connectivity index (χ4v) is 3.79. The molecule has 0 spiro atoms. The third-order valence-corrected chi connectivity index (χ3v) is 5.34. The van der Waals surface area contributed by atoms with E-state index in [1.807, 2.05) is 13.8 Å². The highest BCUT2D eigenvalue weighted by atomic mass is 32.2. The maximum absolute atomic E-state index is 13.5. The number of likely N-dealkylation sites (N-methyl/N-ethyl adjacent to an activating group) is 1. The molecule has 0 amide bonds. The van der Waals surface area contributed by atoms with E-state index < -0.39 is 15.8 Å². The number of hydrogen-bond acceptors (Lipinski definition) is 4. The molecule has 7 heteroatoms. The smallest absolute Gasteiger partial charge is 0.241 e. The number of rotatable bonds is 7. The summed E-state index contributed by atoms with van der Waals surface area (Å²) >= 11 is 0. The van der Waals surface area contributed by atoms with Crippen LogP contribution in [0.1, 0.15) is 25.0 Å². The average molecular weight is 317 g/mol. The van der Waals surface area contributed by atoms with Gasteiger partial charge in [-0.15, -0.1) is 0 Å². The van der Waals surface area contributed by atoms with Crippen LogP contribution in [0.3, 0.4) is 0 Å². The monoisotopic (exact) mass is 317 g/mol. The van der Waals surface area contributed by atoms with Crippen molar-refractivity contribution >= 4 is 15.7 Å². The molecule has 0 aliphatic rings. The highest BCUT2D eigenvalue weighted by Crippen LogP contribution is 2.27. The second-order valence-corrected chi connectivity index (χ2v) is 6.67. The van der Waals surface area contributed by atoms with E-state index in [0.29, 0.717) is 18.7 Å². The van der Waals surface area contributed by atoms with Gasteiger partial charge in [0.15, 0.2) is 0 Å². The predicted molar refractivity (Wildman–Crippen MR) is 83.3 cm³/mol. The van der Waals surface area contributed by atoms with E-state index in [1.54, 1.807) is 6.92 Å². The van der Waals surface area contributed by atoms with E-state index in [0.717, 1.165) is 19.2 Å². The molecule has 0 fully saturated rings. The van der Waals surface area contributed by atoms with Crippen molar-refractivity contribution < 1.29 is 12.8 Å². The van der Waals surface area contributed by atoms with E-state index in [1.165, 1.54) is 6.92 Å². The summed E-state index contributed by atoms with van der Waals surface area (Å²) in [5.74, 6) is -0.591. The maximum Gasteiger partial charge on any atom is 0.241 e. The average Bonchev–Trinajstić information content (AvgIpc) is 2.40. The summed E-state index contributed by atoms with van der Waals surface area (Å²) < 4.78 is 40.8. The Hall–Kier alpha value is -1.18. The third kappa shape index (κ3) is 4.15. The number of nitrogen functional groups attached to an aromatic ring is 1. The van der Waals surface area contributed by atoms with Crippen molar-refractivity contribution in [2.24, 2.45) is 0 Å². The van der Waals surface area contributed by atoms with Crippen molar-refractivity contribution in [3.8, 4) is 0 Å². The molecule has 1 aromatic rings. The minimum atomic E-state index is -3.70. The second kappa shape index (κ2) is 7.20. The Bertz CT molecular complexity index is 599. The van der Waals surface area contributed by atoms with Crippen molar-refractivity contribution in [2.45, 2.75) is 32.6 Å². The minimum Gasteiger partial charge on any atom is -0.396 e. The fourth-order valence-electron chi connectivity index (χ4n) is 2.29. The first-order chi connectivity index (χ1) is 9.74. The van der Waals surface area contributed by atoms with Crippen LogP contribution in [0.5, 0.6) is 0 Å². The zero-order valence-electron chi connectivity index (χ0n) is 13.0. The Morgan fingerprint density at radius 1 is 1.29 bits per heavy atom. The van der Waals surface area contributed by atoms with E-state index in [4.69, 9.17) is 5.73 Å². The molecule has 0 aromatic heterocycles. The summed E-state index contributed by atoms with van der Waals surface area (Å²) in [6.45, 7) is 9.78. The van der Waals surface area contributed by atoms with Gasteiger partial charge in [-0.1, -0.05) is 13.8 Å². The highest BCUT2D eigenvalue weighted by molar-refractivity contribution is 7.89. The van der Waals surface area contributed by atoms with Crippen LogP contribution in [-0.4, -0.2) is 39.5 Å². The number of halogens is 1. The molecular formula is C14H24FN3O2S.